The van der Waals surface area contributed by atoms with Crippen molar-refractivity contribution >= 4 is 11.6 Å². The Hall–Kier alpha value is -2.68. The Bertz CT molecular complexity index is 563. The van der Waals surface area contributed by atoms with Crippen LogP contribution < -0.4 is 10.2 Å². The van der Waals surface area contributed by atoms with E-state index in [9.17, 15) is 0 Å². The monoisotopic (exact) mass is 254 g/mol. The van der Waals surface area contributed by atoms with Crippen molar-refractivity contribution in [1.29, 1.82) is 5.26 Å². The van der Waals surface area contributed by atoms with Crippen LogP contribution in [0.2, 0.25) is 0 Å². The molecule has 0 saturated heterocycles. The highest BCUT2D eigenvalue weighted by atomic mass is 15.2. The summed E-state index contributed by atoms with van der Waals surface area (Å²) >= 11 is 0. The number of aromatic nitrogens is 3. The Labute approximate surface area is 111 Å². The largest absolute Gasteiger partial charge is 0.370 e. The number of nitrogens with zero attached hydrogens (tertiary/aromatic N) is 5. The van der Waals surface area contributed by atoms with E-state index in [1.54, 1.807) is 19.3 Å². The third-order valence-electron chi connectivity index (χ3n) is 2.59. The van der Waals surface area contributed by atoms with E-state index in [2.05, 4.69) is 20.3 Å². The fraction of sp³-hybridized carbons (Fsp3) is 0.231. The van der Waals surface area contributed by atoms with Gasteiger partial charge in [-0.1, -0.05) is 6.07 Å². The van der Waals surface area contributed by atoms with Crippen molar-refractivity contribution in [3.63, 3.8) is 0 Å². The normalized spacial score (nSPS) is 9.68. The van der Waals surface area contributed by atoms with E-state index in [1.165, 1.54) is 16.8 Å². The second kappa shape index (κ2) is 6.31. The molecule has 6 nitrogen and oxygen atoms in total. The van der Waals surface area contributed by atoms with E-state index >= 15 is 0 Å². The highest BCUT2D eigenvalue weighted by Gasteiger charge is 2.02. The van der Waals surface area contributed by atoms with Gasteiger partial charge in [-0.15, -0.1) is 0 Å². The van der Waals surface area contributed by atoms with Crippen molar-refractivity contribution in [2.45, 2.75) is 6.42 Å². The van der Waals surface area contributed by atoms with E-state index in [0.717, 1.165) is 13.0 Å². The average Bonchev–Trinajstić information content (AvgIpc) is 2.48. The van der Waals surface area contributed by atoms with Crippen LogP contribution in [0, 0.1) is 11.5 Å². The summed E-state index contributed by atoms with van der Waals surface area (Å²) in [5.41, 5.74) is 1.17. The molecule has 0 aliphatic carbocycles. The summed E-state index contributed by atoms with van der Waals surface area (Å²) in [5, 5.41) is 12.0. The van der Waals surface area contributed by atoms with Crippen molar-refractivity contribution in [2.24, 2.45) is 0 Å². The molecule has 0 atom stereocenters. The van der Waals surface area contributed by atoms with Gasteiger partial charge in [-0.25, -0.2) is 9.97 Å². The SMILES string of the molecule is CN(C#N)c1cc(NCCc2cccnc2)ncn1. The van der Waals surface area contributed by atoms with Gasteiger partial charge in [0.25, 0.3) is 0 Å². The quantitative estimate of drug-likeness (QED) is 0.642. The van der Waals surface area contributed by atoms with Crippen molar-refractivity contribution in [2.75, 3.05) is 23.8 Å². The standard InChI is InChI=1S/C13H14N6/c1-19(9-14)13-7-12(17-10-18-13)16-6-4-11-3-2-5-15-8-11/h2-3,5,7-8,10H,4,6H2,1H3,(H,16,17,18). The average molecular weight is 254 g/mol. The van der Waals surface area contributed by atoms with E-state index < -0.39 is 0 Å². The number of hydrogen-bond acceptors (Lipinski definition) is 6. The van der Waals surface area contributed by atoms with Crippen LogP contribution in [0.25, 0.3) is 0 Å². The third kappa shape index (κ3) is 3.64. The molecule has 2 aromatic heterocycles. The molecule has 0 aromatic carbocycles. The zero-order valence-electron chi connectivity index (χ0n) is 10.6. The molecule has 0 bridgehead atoms. The first-order chi connectivity index (χ1) is 9.29. The molecular weight excluding hydrogens is 240 g/mol. The number of hydrogen-bond donors (Lipinski definition) is 1. The summed E-state index contributed by atoms with van der Waals surface area (Å²) in [6.07, 6.45) is 7.90. The van der Waals surface area contributed by atoms with Gasteiger partial charge in [0.2, 0.25) is 0 Å². The molecule has 0 saturated carbocycles. The maximum Gasteiger partial charge on any atom is 0.185 e. The van der Waals surface area contributed by atoms with Gasteiger partial charge in [0.05, 0.1) is 0 Å². The lowest BCUT2D eigenvalue weighted by atomic mass is 10.2. The zero-order chi connectivity index (χ0) is 13.5. The minimum atomic E-state index is 0.571. The minimum absolute atomic E-state index is 0.571. The van der Waals surface area contributed by atoms with E-state index in [1.807, 2.05) is 24.5 Å². The van der Waals surface area contributed by atoms with Crippen LogP contribution in [-0.4, -0.2) is 28.5 Å². The first-order valence-corrected chi connectivity index (χ1v) is 5.88. The maximum absolute atomic E-state index is 8.79. The van der Waals surface area contributed by atoms with Crippen LogP contribution in [0.4, 0.5) is 11.6 Å². The van der Waals surface area contributed by atoms with Gasteiger partial charge in [0.15, 0.2) is 6.19 Å². The first-order valence-electron chi connectivity index (χ1n) is 5.88. The smallest absolute Gasteiger partial charge is 0.185 e. The molecule has 6 heteroatoms. The van der Waals surface area contributed by atoms with Gasteiger partial charge in [-0.2, -0.15) is 5.26 Å². The molecule has 0 aliphatic heterocycles. The maximum atomic E-state index is 8.79. The van der Waals surface area contributed by atoms with Crippen LogP contribution in [-0.2, 0) is 6.42 Å². The van der Waals surface area contributed by atoms with Crippen LogP contribution in [0.15, 0.2) is 36.9 Å². The summed E-state index contributed by atoms with van der Waals surface area (Å²) < 4.78 is 0. The minimum Gasteiger partial charge on any atom is -0.370 e. The predicted molar refractivity (Wildman–Crippen MR) is 72.5 cm³/mol. The molecule has 0 fully saturated rings. The van der Waals surface area contributed by atoms with Gasteiger partial charge in [-0.3, -0.25) is 9.88 Å². The Balaban J connectivity index is 1.91. The topological polar surface area (TPSA) is 77.7 Å². The predicted octanol–water partition coefficient (Wildman–Crippen LogP) is 1.44. The Kier molecular flexibility index (Phi) is 4.24. The molecule has 0 spiro atoms. The number of anilines is 2. The second-order valence-electron chi connectivity index (χ2n) is 3.96. The Morgan fingerprint density at radius 1 is 1.42 bits per heavy atom. The van der Waals surface area contributed by atoms with Crippen molar-refractivity contribution in [1.82, 2.24) is 15.0 Å². The van der Waals surface area contributed by atoms with E-state index in [4.69, 9.17) is 5.26 Å². The second-order valence-corrected chi connectivity index (χ2v) is 3.96. The molecule has 96 valence electrons. The van der Waals surface area contributed by atoms with Gasteiger partial charge in [0, 0.05) is 32.1 Å². The van der Waals surface area contributed by atoms with Gasteiger partial charge in [-0.05, 0) is 18.1 Å². The first kappa shape index (κ1) is 12.8. The number of rotatable bonds is 5. The molecule has 0 unspecified atom stereocenters. The molecule has 19 heavy (non-hydrogen) atoms. The van der Waals surface area contributed by atoms with E-state index in [-0.39, 0.29) is 0 Å². The lowest BCUT2D eigenvalue weighted by Gasteiger charge is -2.09. The Morgan fingerprint density at radius 2 is 2.32 bits per heavy atom. The fourth-order valence-corrected chi connectivity index (χ4v) is 1.56. The lowest BCUT2D eigenvalue weighted by molar-refractivity contribution is 0.984. The highest BCUT2D eigenvalue weighted by molar-refractivity contribution is 5.50. The fourth-order valence-electron chi connectivity index (χ4n) is 1.56. The van der Waals surface area contributed by atoms with Crippen LogP contribution in [0.1, 0.15) is 5.56 Å². The van der Waals surface area contributed by atoms with Gasteiger partial charge in [0.1, 0.15) is 18.0 Å². The van der Waals surface area contributed by atoms with Crippen LogP contribution >= 0.6 is 0 Å². The molecular formula is C13H14N6. The summed E-state index contributed by atoms with van der Waals surface area (Å²) in [6.45, 7) is 0.748. The lowest BCUT2D eigenvalue weighted by Crippen LogP contribution is -2.12. The summed E-state index contributed by atoms with van der Waals surface area (Å²) in [4.78, 5) is 13.6. The molecule has 0 amide bonds. The third-order valence-corrected chi connectivity index (χ3v) is 2.59. The van der Waals surface area contributed by atoms with Crippen molar-refractivity contribution < 1.29 is 0 Å². The summed E-state index contributed by atoms with van der Waals surface area (Å²) in [6, 6.07) is 5.69. The number of nitrogens with one attached hydrogen (secondary N) is 1. The van der Waals surface area contributed by atoms with Gasteiger partial charge >= 0.3 is 0 Å². The number of nitriles is 1. The van der Waals surface area contributed by atoms with Gasteiger partial charge < -0.3 is 5.32 Å². The van der Waals surface area contributed by atoms with Crippen molar-refractivity contribution in [3.05, 3.63) is 42.5 Å². The highest BCUT2D eigenvalue weighted by Crippen LogP contribution is 2.11. The Morgan fingerprint density at radius 3 is 3.05 bits per heavy atom. The molecule has 1 N–H and O–H groups in total. The molecule has 0 radical (unpaired) electrons. The summed E-state index contributed by atoms with van der Waals surface area (Å²) in [5.74, 6) is 1.28. The van der Waals surface area contributed by atoms with Crippen LogP contribution in [0.3, 0.4) is 0 Å². The van der Waals surface area contributed by atoms with Crippen LogP contribution in [0.5, 0.6) is 0 Å². The molecule has 2 rings (SSSR count). The molecule has 2 heterocycles. The molecule has 0 aliphatic rings. The zero-order valence-corrected chi connectivity index (χ0v) is 10.6. The van der Waals surface area contributed by atoms with Crippen molar-refractivity contribution in [3.8, 4) is 6.19 Å². The summed E-state index contributed by atoms with van der Waals surface area (Å²) in [7, 11) is 1.65. The molecule has 2 aromatic rings. The number of pyridine rings is 1. The van der Waals surface area contributed by atoms with E-state index in [0.29, 0.717) is 11.6 Å².